The van der Waals surface area contributed by atoms with Gasteiger partial charge in [0, 0.05) is 5.38 Å². The van der Waals surface area contributed by atoms with Gasteiger partial charge in [-0.25, -0.2) is 18.7 Å². The molecule has 3 unspecified atom stereocenters. The first-order valence-electron chi connectivity index (χ1n) is 9.09. The molecule has 0 radical (unpaired) electrons. The maximum absolute atomic E-state index is 12.2. The van der Waals surface area contributed by atoms with Crippen LogP contribution in [0.5, 0.6) is 0 Å². The molecule has 23 heteroatoms. The Balaban J connectivity index is 1.92. The molecule has 7 atom stereocenters. The molecule has 2 aromatic rings. The van der Waals surface area contributed by atoms with Crippen LogP contribution in [0.4, 0.5) is 5.95 Å². The lowest BCUT2D eigenvalue weighted by atomic mass is 9.97. The lowest BCUT2D eigenvalue weighted by Crippen LogP contribution is -2.43. The van der Waals surface area contributed by atoms with E-state index in [1.54, 1.807) is 0 Å². The Bertz CT molecular complexity index is 1430. The molecular weight excluding hydrogens is 598 g/mol. The van der Waals surface area contributed by atoms with E-state index in [4.69, 9.17) is 43.5 Å². The topological polar surface area (TPSA) is 279 Å². The first-order valence-corrected chi connectivity index (χ1v) is 14.4. The van der Waals surface area contributed by atoms with Gasteiger partial charge in [-0.2, -0.15) is 13.6 Å². The summed E-state index contributed by atoms with van der Waals surface area (Å²) < 4.78 is 53.2. The number of hydrogen-bond acceptors (Lipinski definition) is 12. The van der Waals surface area contributed by atoms with Gasteiger partial charge >= 0.3 is 23.5 Å². The highest BCUT2D eigenvalue weighted by atomic mass is 35.5. The average Bonchev–Trinajstić information content (AvgIpc) is 3.18. The van der Waals surface area contributed by atoms with E-state index in [0.717, 1.165) is 17.8 Å². The number of alkyl halides is 1. The number of hydrogen-bond donors (Lipinski definition) is 7. The molecule has 1 saturated heterocycles. The fraction of sp³-hybridized carbons (Fsp3) is 0.462. The van der Waals surface area contributed by atoms with Crippen molar-refractivity contribution in [3.63, 3.8) is 0 Å². The smallest absolute Gasteiger partial charge is 0.387 e. The number of rotatable bonds is 8. The fourth-order valence-electron chi connectivity index (χ4n) is 3.23. The minimum atomic E-state index is -5.80. The number of imidazole rings is 1. The Morgan fingerprint density at radius 3 is 2.50 bits per heavy atom. The number of halogens is 2. The zero-order chi connectivity index (χ0) is 27.3. The summed E-state index contributed by atoms with van der Waals surface area (Å²) in [6.07, 6.45) is -5.62. The molecule has 1 aliphatic rings. The van der Waals surface area contributed by atoms with Gasteiger partial charge in [-0.05, 0) is 18.5 Å². The normalized spacial score (nSPS) is 28.7. The molecule has 0 aromatic carbocycles. The summed E-state index contributed by atoms with van der Waals surface area (Å²) in [5.41, 5.74) is 4.52. The molecule has 8 N–H and O–H groups in total. The van der Waals surface area contributed by atoms with E-state index in [2.05, 4.69) is 34.0 Å². The minimum Gasteiger partial charge on any atom is -0.387 e. The van der Waals surface area contributed by atoms with Gasteiger partial charge in [0.1, 0.15) is 12.2 Å². The van der Waals surface area contributed by atoms with Crippen LogP contribution < -0.4 is 11.3 Å². The van der Waals surface area contributed by atoms with Gasteiger partial charge in [-0.15, -0.1) is 0 Å². The molecule has 1 fully saturated rings. The van der Waals surface area contributed by atoms with E-state index in [0.29, 0.717) is 0 Å². The number of H-pyrrole nitrogens is 1. The summed E-state index contributed by atoms with van der Waals surface area (Å²) in [7, 11) is -17.0. The highest BCUT2D eigenvalue weighted by Gasteiger charge is 2.58. The molecule has 200 valence electrons. The number of fused-ring (bicyclic) bond motifs is 1. The van der Waals surface area contributed by atoms with Crippen LogP contribution in [0, 0.1) is 11.3 Å². The third kappa shape index (κ3) is 6.18. The zero-order valence-corrected chi connectivity index (χ0v) is 21.6. The van der Waals surface area contributed by atoms with E-state index in [1.807, 2.05) is 5.38 Å². The molecule has 18 nitrogen and oxygen atoms in total. The third-order valence-electron chi connectivity index (χ3n) is 4.51. The van der Waals surface area contributed by atoms with Crippen LogP contribution in [0.15, 0.2) is 11.1 Å². The number of anilines is 1. The van der Waals surface area contributed by atoms with Gasteiger partial charge in [0.05, 0.1) is 12.4 Å². The maximum atomic E-state index is 12.2. The summed E-state index contributed by atoms with van der Waals surface area (Å²) >= 11 is 12.0. The molecule has 2 aromatic heterocycles. The Labute approximate surface area is 209 Å². The lowest BCUT2D eigenvalue weighted by Gasteiger charge is -2.26. The molecule has 0 spiro atoms. The predicted molar refractivity (Wildman–Crippen MR) is 119 cm³/mol. The number of ether oxygens (including phenoxy) is 1. The van der Waals surface area contributed by atoms with Crippen LogP contribution in [0.2, 0.25) is 0 Å². The second kappa shape index (κ2) is 10.1. The second-order valence-corrected chi connectivity index (χ2v) is 12.2. The highest BCUT2D eigenvalue weighted by Crippen LogP contribution is 2.66. The number of aromatic nitrogens is 4. The molecular formula is C13H16Cl2N5O13P3. The molecule has 0 bridgehead atoms. The van der Waals surface area contributed by atoms with Crippen molar-refractivity contribution in [1.29, 1.82) is 0 Å². The Morgan fingerprint density at radius 1 is 1.28 bits per heavy atom. The SMILES string of the molecule is C[C@H](OP(=O)(O)OP(=O)(O)OP(=O)(O)O)[C@H]1O[C@@H](n2cnc3c(=O)[nH]c(N)nc32)C(Cl)(C#CCl)[C@H]1O. The molecule has 0 amide bonds. The summed E-state index contributed by atoms with van der Waals surface area (Å²) in [5.74, 6) is 2.02. The van der Waals surface area contributed by atoms with E-state index in [1.165, 1.54) is 0 Å². The Kier molecular flexibility index (Phi) is 8.16. The summed E-state index contributed by atoms with van der Waals surface area (Å²) in [6.45, 7) is 1.05. The lowest BCUT2D eigenvalue weighted by molar-refractivity contribution is -0.0728. The number of nitrogens with one attached hydrogen (secondary N) is 1. The van der Waals surface area contributed by atoms with Crippen molar-refractivity contribution in [3.05, 3.63) is 16.7 Å². The number of nitrogens with two attached hydrogens (primary N) is 1. The van der Waals surface area contributed by atoms with Crippen LogP contribution >= 0.6 is 46.7 Å². The number of aliphatic hydroxyl groups excluding tert-OH is 1. The van der Waals surface area contributed by atoms with Crippen LogP contribution in [-0.2, 0) is 31.6 Å². The molecule has 3 rings (SSSR count). The number of phosphoric ester groups is 1. The number of aliphatic hydroxyl groups is 1. The van der Waals surface area contributed by atoms with Gasteiger partial charge in [0.25, 0.3) is 5.56 Å². The predicted octanol–water partition coefficient (Wildman–Crippen LogP) is -0.131. The summed E-state index contributed by atoms with van der Waals surface area (Å²) in [4.78, 5) is 56.3. The summed E-state index contributed by atoms with van der Waals surface area (Å²) in [5, 5.41) is 12.8. The van der Waals surface area contributed by atoms with Gasteiger partial charge in [-0.1, -0.05) is 17.5 Å². The maximum Gasteiger partial charge on any atom is 0.490 e. The summed E-state index contributed by atoms with van der Waals surface area (Å²) in [6, 6.07) is 0. The number of phosphoric acid groups is 3. The average molecular weight is 614 g/mol. The molecule has 0 saturated carbocycles. The van der Waals surface area contributed by atoms with Crippen molar-refractivity contribution < 1.29 is 56.3 Å². The van der Waals surface area contributed by atoms with Crippen molar-refractivity contribution in [2.45, 2.75) is 36.3 Å². The largest absolute Gasteiger partial charge is 0.490 e. The highest BCUT2D eigenvalue weighted by molar-refractivity contribution is 7.66. The van der Waals surface area contributed by atoms with Crippen molar-refractivity contribution >= 4 is 63.8 Å². The zero-order valence-electron chi connectivity index (χ0n) is 17.4. The van der Waals surface area contributed by atoms with Crippen molar-refractivity contribution in [2.75, 3.05) is 5.73 Å². The van der Waals surface area contributed by atoms with E-state index in [9.17, 15) is 33.4 Å². The van der Waals surface area contributed by atoms with Crippen molar-refractivity contribution in [1.82, 2.24) is 19.5 Å². The second-order valence-electron chi connectivity index (χ2n) is 7.06. The van der Waals surface area contributed by atoms with Crippen LogP contribution in [0.3, 0.4) is 0 Å². The molecule has 0 aliphatic carbocycles. The van der Waals surface area contributed by atoms with Gasteiger partial charge in [0.2, 0.25) is 5.95 Å². The fourth-order valence-corrected chi connectivity index (χ4v) is 6.97. The Hall–Kier alpha value is -1.38. The number of nitrogen functional groups attached to an aromatic ring is 1. The minimum absolute atomic E-state index is 0.143. The third-order valence-corrected chi connectivity index (χ3v) is 9.03. The monoisotopic (exact) mass is 613 g/mol. The van der Waals surface area contributed by atoms with Crippen LogP contribution in [-0.4, -0.2) is 67.4 Å². The van der Waals surface area contributed by atoms with Crippen LogP contribution in [0.1, 0.15) is 13.2 Å². The number of aromatic amines is 1. The standard InChI is InChI=1S/C13H16Cl2N5O13P3/c1-5(31-35(26,27)33-36(28,29)32-34(23,24)25)7-8(21)13(15,2-3-14)11(30-7)20-4-17-6-9(20)18-12(16)19-10(6)22/h4-5,7-8,11,21H,1H3,(H,26,27)(H,28,29)(H2,23,24,25)(H3,16,18,19,22)/t5-,7+,8-,11+,13?/m0/s1. The van der Waals surface area contributed by atoms with Gasteiger partial charge in [-0.3, -0.25) is 18.9 Å². The number of nitrogens with zero attached hydrogens (tertiary/aromatic N) is 3. The first kappa shape index (κ1) is 29.2. The molecule has 3 heterocycles. The van der Waals surface area contributed by atoms with E-state index < -0.39 is 58.4 Å². The molecule has 1 aliphatic heterocycles. The van der Waals surface area contributed by atoms with Crippen molar-refractivity contribution in [2.24, 2.45) is 0 Å². The Morgan fingerprint density at radius 2 is 1.92 bits per heavy atom. The van der Waals surface area contributed by atoms with Gasteiger partial charge in [0.15, 0.2) is 22.3 Å². The quantitative estimate of drug-likeness (QED) is 0.116. The van der Waals surface area contributed by atoms with Crippen LogP contribution in [0.25, 0.3) is 11.2 Å². The molecule has 36 heavy (non-hydrogen) atoms. The van der Waals surface area contributed by atoms with E-state index in [-0.39, 0.29) is 17.1 Å². The van der Waals surface area contributed by atoms with Crippen molar-refractivity contribution in [3.8, 4) is 11.3 Å². The first-order chi connectivity index (χ1) is 16.4. The van der Waals surface area contributed by atoms with E-state index >= 15 is 0 Å². The van der Waals surface area contributed by atoms with Gasteiger partial charge < -0.3 is 35.2 Å².